The van der Waals surface area contributed by atoms with E-state index in [0.717, 1.165) is 15.1 Å². The Bertz CT molecular complexity index is 991. The number of nitrogens with zero attached hydrogens (tertiary/aromatic N) is 2. The van der Waals surface area contributed by atoms with Gasteiger partial charge in [-0.1, -0.05) is 12.1 Å². The van der Waals surface area contributed by atoms with Crippen LogP contribution in [0, 0.1) is 5.82 Å². The monoisotopic (exact) mass is 447 g/mol. The zero-order valence-electron chi connectivity index (χ0n) is 14.5. The van der Waals surface area contributed by atoms with Crippen LogP contribution in [0.15, 0.2) is 52.5 Å². The van der Waals surface area contributed by atoms with Gasteiger partial charge in [0.05, 0.1) is 11.4 Å². The number of carbonyl (C=O) groups excluding carboxylic acids is 2. The van der Waals surface area contributed by atoms with E-state index in [1.807, 2.05) is 31.1 Å². The number of benzene rings is 2. The standard InChI is InChI=1S/C19H15BrFN3O2S/c1-23(2)16-7-6-11(9-15(16)20)8-14-17(25)22-19(27)24(18(14)26)13-5-3-4-12(21)10-13/h3-10H,1-2H3,(H,22,25,27)/b14-8-. The van der Waals surface area contributed by atoms with Crippen molar-refractivity contribution in [1.82, 2.24) is 5.32 Å². The molecule has 0 aromatic heterocycles. The number of amides is 2. The molecule has 0 spiro atoms. The third-order valence-corrected chi connectivity index (χ3v) is 4.85. The molecule has 2 aromatic carbocycles. The summed E-state index contributed by atoms with van der Waals surface area (Å²) in [5.41, 5.74) is 1.79. The van der Waals surface area contributed by atoms with Crippen molar-refractivity contribution < 1.29 is 14.0 Å². The highest BCUT2D eigenvalue weighted by Crippen LogP contribution is 2.28. The summed E-state index contributed by atoms with van der Waals surface area (Å²) in [4.78, 5) is 28.2. The highest BCUT2D eigenvalue weighted by Gasteiger charge is 2.34. The van der Waals surface area contributed by atoms with Crippen molar-refractivity contribution in [1.29, 1.82) is 0 Å². The van der Waals surface area contributed by atoms with Gasteiger partial charge in [0, 0.05) is 18.6 Å². The Morgan fingerprint density at radius 2 is 1.93 bits per heavy atom. The minimum Gasteiger partial charge on any atom is -0.377 e. The van der Waals surface area contributed by atoms with Gasteiger partial charge in [0.25, 0.3) is 11.8 Å². The van der Waals surface area contributed by atoms with Crippen molar-refractivity contribution >= 4 is 62.5 Å². The number of rotatable bonds is 3. The molecule has 3 rings (SSSR count). The summed E-state index contributed by atoms with van der Waals surface area (Å²) in [6.07, 6.45) is 1.48. The third kappa shape index (κ3) is 3.91. The van der Waals surface area contributed by atoms with Gasteiger partial charge in [-0.05, 0) is 70.1 Å². The van der Waals surface area contributed by atoms with E-state index in [1.54, 1.807) is 12.1 Å². The molecule has 1 aliphatic rings. The number of halogens is 2. The summed E-state index contributed by atoms with van der Waals surface area (Å²) in [6, 6.07) is 10.9. The molecule has 8 heteroatoms. The minimum absolute atomic E-state index is 0.0858. The van der Waals surface area contributed by atoms with Gasteiger partial charge < -0.3 is 4.90 Å². The second-order valence-electron chi connectivity index (χ2n) is 6.04. The molecule has 138 valence electrons. The zero-order chi connectivity index (χ0) is 19.7. The Kier molecular flexibility index (Phi) is 5.38. The van der Waals surface area contributed by atoms with Crippen molar-refractivity contribution in [2.24, 2.45) is 0 Å². The smallest absolute Gasteiger partial charge is 0.270 e. The molecule has 1 fully saturated rings. The average molecular weight is 448 g/mol. The van der Waals surface area contributed by atoms with Gasteiger partial charge in [-0.2, -0.15) is 0 Å². The van der Waals surface area contributed by atoms with Crippen LogP contribution in [0.25, 0.3) is 6.08 Å². The lowest BCUT2D eigenvalue weighted by Crippen LogP contribution is -2.54. The lowest BCUT2D eigenvalue weighted by atomic mass is 10.1. The molecule has 5 nitrogen and oxygen atoms in total. The number of carbonyl (C=O) groups is 2. The molecule has 0 unspecified atom stereocenters. The number of hydrogen-bond acceptors (Lipinski definition) is 4. The molecule has 27 heavy (non-hydrogen) atoms. The third-order valence-electron chi connectivity index (χ3n) is 3.93. The van der Waals surface area contributed by atoms with Crippen molar-refractivity contribution in [2.45, 2.75) is 0 Å². The molecule has 2 aromatic rings. The first kappa shape index (κ1) is 19.2. The summed E-state index contributed by atoms with van der Waals surface area (Å²) < 4.78 is 14.4. The van der Waals surface area contributed by atoms with E-state index < -0.39 is 17.6 Å². The van der Waals surface area contributed by atoms with Gasteiger partial charge in [0.2, 0.25) is 0 Å². The zero-order valence-corrected chi connectivity index (χ0v) is 16.9. The van der Waals surface area contributed by atoms with E-state index in [4.69, 9.17) is 12.2 Å². The second-order valence-corrected chi connectivity index (χ2v) is 7.28. The van der Waals surface area contributed by atoms with Crippen LogP contribution in [0.5, 0.6) is 0 Å². The Labute approximate surface area is 169 Å². The van der Waals surface area contributed by atoms with E-state index in [-0.39, 0.29) is 16.4 Å². The predicted octanol–water partition coefficient (Wildman–Crippen LogP) is 3.49. The average Bonchev–Trinajstić information content (AvgIpc) is 2.58. The fourth-order valence-corrected chi connectivity index (χ4v) is 3.68. The molecule has 1 heterocycles. The Balaban J connectivity index is 2.00. The van der Waals surface area contributed by atoms with E-state index in [2.05, 4.69) is 21.2 Å². The highest BCUT2D eigenvalue weighted by molar-refractivity contribution is 9.10. The number of nitrogens with one attached hydrogen (secondary N) is 1. The van der Waals surface area contributed by atoms with Gasteiger partial charge >= 0.3 is 0 Å². The number of thiocarbonyl (C=S) groups is 1. The fourth-order valence-electron chi connectivity index (χ4n) is 2.65. The quantitative estimate of drug-likeness (QED) is 0.444. The van der Waals surface area contributed by atoms with Crippen molar-refractivity contribution in [3.63, 3.8) is 0 Å². The number of anilines is 2. The summed E-state index contributed by atoms with van der Waals surface area (Å²) in [6.45, 7) is 0. The molecule has 1 saturated heterocycles. The summed E-state index contributed by atoms with van der Waals surface area (Å²) in [5, 5.41) is 2.39. The maximum Gasteiger partial charge on any atom is 0.270 e. The van der Waals surface area contributed by atoms with Crippen molar-refractivity contribution in [3.05, 3.63) is 63.9 Å². The van der Waals surface area contributed by atoms with Crippen molar-refractivity contribution in [2.75, 3.05) is 23.9 Å². The topological polar surface area (TPSA) is 52.7 Å². The van der Waals surface area contributed by atoms with Crippen molar-refractivity contribution in [3.8, 4) is 0 Å². The van der Waals surface area contributed by atoms with Crippen LogP contribution in [-0.2, 0) is 9.59 Å². The Morgan fingerprint density at radius 3 is 2.56 bits per heavy atom. The lowest BCUT2D eigenvalue weighted by molar-refractivity contribution is -0.122. The predicted molar refractivity (Wildman–Crippen MR) is 111 cm³/mol. The molecule has 1 N–H and O–H groups in total. The van der Waals surface area contributed by atoms with E-state index in [0.29, 0.717) is 5.56 Å². The molecular weight excluding hydrogens is 433 g/mol. The molecule has 0 atom stereocenters. The number of hydrogen-bond donors (Lipinski definition) is 1. The summed E-state index contributed by atoms with van der Waals surface area (Å²) in [7, 11) is 3.82. The van der Waals surface area contributed by atoms with Crippen LogP contribution in [0.1, 0.15) is 5.56 Å². The Morgan fingerprint density at radius 1 is 1.19 bits per heavy atom. The molecular formula is C19H15BrFN3O2S. The maximum absolute atomic E-state index is 13.6. The molecule has 0 bridgehead atoms. The first-order valence-corrected chi connectivity index (χ1v) is 9.12. The van der Waals surface area contributed by atoms with Crippen LogP contribution in [0.2, 0.25) is 0 Å². The highest BCUT2D eigenvalue weighted by atomic mass is 79.9. The van der Waals surface area contributed by atoms with Crippen LogP contribution in [-0.4, -0.2) is 31.0 Å². The first-order valence-electron chi connectivity index (χ1n) is 7.92. The minimum atomic E-state index is -0.609. The second kappa shape index (κ2) is 7.58. The lowest BCUT2D eigenvalue weighted by Gasteiger charge is -2.29. The fraction of sp³-hybridized carbons (Fsp3) is 0.105. The maximum atomic E-state index is 13.6. The van der Waals surface area contributed by atoms with Gasteiger partial charge in [0.15, 0.2) is 5.11 Å². The van der Waals surface area contributed by atoms with Gasteiger partial charge in [-0.25, -0.2) is 4.39 Å². The summed E-state index contributed by atoms with van der Waals surface area (Å²) >= 11 is 8.58. The molecule has 0 aliphatic carbocycles. The van der Waals surface area contributed by atoms with Crippen LogP contribution in [0.4, 0.5) is 15.8 Å². The van der Waals surface area contributed by atoms with Crippen LogP contribution < -0.4 is 15.1 Å². The van der Waals surface area contributed by atoms with E-state index in [1.165, 1.54) is 24.3 Å². The normalized spacial score (nSPS) is 15.9. The van der Waals surface area contributed by atoms with Crippen LogP contribution in [0.3, 0.4) is 0 Å². The molecule has 0 radical (unpaired) electrons. The largest absolute Gasteiger partial charge is 0.377 e. The SMILES string of the molecule is CN(C)c1ccc(/C=C2/C(=O)NC(=S)N(c3cccc(F)c3)C2=O)cc1Br. The summed E-state index contributed by atoms with van der Waals surface area (Å²) in [5.74, 6) is -1.71. The first-order chi connectivity index (χ1) is 12.8. The van der Waals surface area contributed by atoms with Gasteiger partial charge in [-0.3, -0.25) is 19.8 Å². The Hall–Kier alpha value is -2.58. The van der Waals surface area contributed by atoms with E-state index >= 15 is 0 Å². The van der Waals surface area contributed by atoms with Crippen LogP contribution >= 0.6 is 28.1 Å². The molecule has 1 aliphatic heterocycles. The van der Waals surface area contributed by atoms with Gasteiger partial charge in [-0.15, -0.1) is 0 Å². The molecule has 0 saturated carbocycles. The van der Waals surface area contributed by atoms with Gasteiger partial charge in [0.1, 0.15) is 11.4 Å². The van der Waals surface area contributed by atoms with E-state index in [9.17, 15) is 14.0 Å². The molecule has 2 amide bonds.